The molecule has 1 amide bonds. The zero-order valence-electron chi connectivity index (χ0n) is 51.9. The molecule has 0 aliphatic heterocycles. The maximum atomic E-state index is 14.8. The van der Waals surface area contributed by atoms with Crippen molar-refractivity contribution >= 4 is 87.0 Å². The van der Waals surface area contributed by atoms with E-state index in [1.165, 1.54) is 35.6 Å². The van der Waals surface area contributed by atoms with Gasteiger partial charge in [-0.15, -0.1) is 11.6 Å². The Balaban J connectivity index is 0.000000316. The van der Waals surface area contributed by atoms with Gasteiger partial charge in [-0.2, -0.15) is 0 Å². The number of ether oxygens (including phenoxy) is 2. The molecule has 16 heteroatoms. The van der Waals surface area contributed by atoms with Gasteiger partial charge in [0.25, 0.3) is 0 Å². The van der Waals surface area contributed by atoms with E-state index in [2.05, 4.69) is 90.1 Å². The number of pyridine rings is 4. The minimum atomic E-state index is -1.10. The number of hydroxylamine groups is 1. The van der Waals surface area contributed by atoms with Crippen molar-refractivity contribution in [2.75, 3.05) is 19.5 Å². The molecule has 1 aliphatic rings. The van der Waals surface area contributed by atoms with Crippen LogP contribution in [0.5, 0.6) is 5.75 Å². The molecule has 5 N–H and O–H groups in total. The first-order valence-corrected chi connectivity index (χ1v) is 30.3. The van der Waals surface area contributed by atoms with Crippen molar-refractivity contribution in [3.63, 3.8) is 0 Å². The van der Waals surface area contributed by atoms with Gasteiger partial charge in [-0.3, -0.25) is 39.5 Å². The van der Waals surface area contributed by atoms with Crippen LogP contribution in [0.3, 0.4) is 0 Å². The number of aryl methyl sites for hydroxylation is 4. The number of fused-ring (bicyclic) bond motifs is 4. The molecular weight excluding hydrogens is 1150 g/mol. The molecule has 1 unspecified atom stereocenters. The molecule has 3 radical (unpaired) electrons. The Bertz CT molecular complexity index is 3850. The van der Waals surface area contributed by atoms with Crippen LogP contribution in [0.25, 0.3) is 43.6 Å². The van der Waals surface area contributed by atoms with Crippen LogP contribution in [0.2, 0.25) is 0 Å². The number of nitrogens with one attached hydrogen (secondary N) is 1. The fourth-order valence-corrected chi connectivity index (χ4v) is 10.0. The number of ketones is 1. The lowest BCUT2D eigenvalue weighted by Gasteiger charge is -2.15. The summed E-state index contributed by atoms with van der Waals surface area (Å²) >= 11 is 5.91. The van der Waals surface area contributed by atoms with E-state index in [0.717, 1.165) is 105 Å². The van der Waals surface area contributed by atoms with Crippen LogP contribution in [0.15, 0.2) is 188 Å². The van der Waals surface area contributed by atoms with Crippen LogP contribution in [0.4, 0.5) is 10.1 Å². The second-order valence-electron chi connectivity index (χ2n) is 20.8. The number of nitrogens with zero attached hydrogens (tertiary/aromatic N) is 4. The molecule has 1 fully saturated rings. The standard InChI is InChI=1S/C26H27FN2O5.C12H12ClN.C12H13NO.C11H11N.C6H7N.C6H10O.CH4.B.H2/c1-3-18-13-17(19-6-4-5-7-22(19)28-18)10-11-34-23-9-8-16(12-21(23)27)14-26(25(31)33-2)15-20(26)24(30)29-32;1-2-10-7-9(8-13)11-5-3-4-6-12(11)14-10;1-2-10-7-9(8-14)11-5-3-4-6-12(11)13-10;1-2-10-8-7-9-5-3-4-6-11(9)12-10;7-6-4-2-1-3-5-6;1-3-4-5-6(2)7;;;/h4-9,12-13,20,32H,3,10-11,14-15H2,1-2H3,(H,29,30);3-7H,2,8H2,1H3;3-7,14H,2,8H2,1H3;3-8H,2H2,1H3;1-5H,7H2;4-5H,3H2,1-2H3;1H4;;1H/b;;;;;5-4+;;;/t20?,26-;;;;;;;;/m0......../s1/i;;;;;;;;1+1. The Labute approximate surface area is 538 Å². The van der Waals surface area contributed by atoms with Gasteiger partial charge in [-0.25, -0.2) is 9.87 Å². The van der Waals surface area contributed by atoms with E-state index < -0.39 is 29.0 Å². The molecule has 1 saturated carbocycles. The van der Waals surface area contributed by atoms with Gasteiger partial charge in [-0.05, 0) is 153 Å². The highest BCUT2D eigenvalue weighted by molar-refractivity contribution is 6.18. The van der Waals surface area contributed by atoms with Crippen LogP contribution in [0, 0.1) is 17.2 Å². The van der Waals surface area contributed by atoms with Crippen molar-refractivity contribution in [1.82, 2.24) is 25.4 Å². The van der Waals surface area contributed by atoms with E-state index in [-0.39, 0.29) is 54.9 Å². The Morgan fingerprint density at radius 2 is 1.16 bits per heavy atom. The number of nitrogen functional groups attached to an aromatic ring is 1. The number of aromatic nitrogens is 4. The van der Waals surface area contributed by atoms with Crippen LogP contribution < -0.4 is 16.0 Å². The van der Waals surface area contributed by atoms with Crippen molar-refractivity contribution in [3.05, 3.63) is 239 Å². The molecule has 0 bridgehead atoms. The van der Waals surface area contributed by atoms with Gasteiger partial charge in [0, 0.05) is 72.1 Å². The molecule has 10 aromatic rings. The summed E-state index contributed by atoms with van der Waals surface area (Å²) in [6.07, 6.45) is 9.01. The quantitative estimate of drug-likeness (QED) is 0.0136. The van der Waals surface area contributed by atoms with E-state index >= 15 is 0 Å². The molecular formula is C74H86BClFN6O7. The molecule has 0 saturated heterocycles. The number of methoxy groups -OCH3 is 1. The number of carbonyl (C=O) groups is 3. The number of halogens is 2. The highest BCUT2D eigenvalue weighted by Gasteiger charge is 2.64. The van der Waals surface area contributed by atoms with Gasteiger partial charge in [0.2, 0.25) is 5.91 Å². The predicted molar refractivity (Wildman–Crippen MR) is 367 cm³/mol. The molecule has 11 rings (SSSR count). The summed E-state index contributed by atoms with van der Waals surface area (Å²) in [7, 11) is 1.24. The van der Waals surface area contributed by atoms with E-state index in [9.17, 15) is 23.9 Å². The Morgan fingerprint density at radius 1 is 0.667 bits per heavy atom. The third-order valence-corrected chi connectivity index (χ3v) is 14.9. The first kappa shape index (κ1) is 73.6. The summed E-state index contributed by atoms with van der Waals surface area (Å²) in [5.74, 6) is -1.68. The van der Waals surface area contributed by atoms with Crippen LogP contribution in [-0.4, -0.2) is 70.0 Å². The Kier molecular flexibility index (Phi) is 30.9. The van der Waals surface area contributed by atoms with Crippen LogP contribution in [-0.2, 0) is 70.1 Å². The largest absolute Gasteiger partial charge is 0.490 e. The molecule has 4 heterocycles. The Hall–Kier alpha value is -8.89. The number of amides is 1. The average Bonchev–Trinajstić information content (AvgIpc) is 1.59. The summed E-state index contributed by atoms with van der Waals surface area (Å²) in [6, 6.07) is 56.5. The predicted octanol–water partition coefficient (Wildman–Crippen LogP) is 15.7. The summed E-state index contributed by atoms with van der Waals surface area (Å²) in [5, 5.41) is 22.6. The molecule has 4 aromatic heterocycles. The smallest absolute Gasteiger partial charge is 0.312 e. The second kappa shape index (κ2) is 37.8. The zero-order valence-corrected chi connectivity index (χ0v) is 52.6. The zero-order chi connectivity index (χ0) is 63.4. The van der Waals surface area contributed by atoms with E-state index in [1.807, 2.05) is 128 Å². The molecule has 471 valence electrons. The number of benzene rings is 6. The van der Waals surface area contributed by atoms with E-state index in [0.29, 0.717) is 17.9 Å². The van der Waals surface area contributed by atoms with Gasteiger partial charge in [-0.1, -0.05) is 151 Å². The number of nitrogens with two attached hydrogens (primary N) is 1. The molecule has 1 aliphatic carbocycles. The second-order valence-corrected chi connectivity index (χ2v) is 21.1. The van der Waals surface area contributed by atoms with Gasteiger partial charge in [0.1, 0.15) is 0 Å². The lowest BCUT2D eigenvalue weighted by Crippen LogP contribution is -2.30. The SMILES string of the molecule is C.CC/C=C/C(C)=O.CCc1cc(CCOc2ccc(C[C@]3(C(=O)OC)CC3C(=O)NO)cc2F)c2ccccc2n1.CCc1cc(CCl)c2ccccc2n1.CCc1cc(CO)c2ccccc2n1.CCc1ccc2ccccc2n1.Nc1ccccc1.[2HH].[B]. The molecule has 0 spiro atoms. The van der Waals surface area contributed by atoms with Crippen molar-refractivity contribution < 1.29 is 40.0 Å². The number of hydrogen-bond acceptors (Lipinski definition) is 12. The number of allylic oxidation sites excluding steroid dienone is 2. The minimum Gasteiger partial charge on any atom is -0.490 e. The van der Waals surface area contributed by atoms with Crippen molar-refractivity contribution in [1.29, 1.82) is 0 Å². The number of alkyl halides is 1. The average molecular weight is 1240 g/mol. The van der Waals surface area contributed by atoms with E-state index in [1.54, 1.807) is 24.5 Å². The highest BCUT2D eigenvalue weighted by Crippen LogP contribution is 2.56. The highest BCUT2D eigenvalue weighted by atomic mass is 35.5. The van der Waals surface area contributed by atoms with Gasteiger partial charge >= 0.3 is 5.97 Å². The summed E-state index contributed by atoms with van der Waals surface area (Å²) < 4.78 is 25.3. The number of aliphatic hydroxyl groups is 1. The number of aliphatic hydroxyl groups excluding tert-OH is 1. The lowest BCUT2D eigenvalue weighted by molar-refractivity contribution is -0.149. The van der Waals surface area contributed by atoms with Crippen molar-refractivity contribution in [2.45, 2.75) is 113 Å². The third-order valence-electron chi connectivity index (χ3n) is 14.6. The van der Waals surface area contributed by atoms with Gasteiger partial charge < -0.3 is 20.3 Å². The van der Waals surface area contributed by atoms with E-state index in [4.69, 9.17) is 32.0 Å². The molecule has 2 atom stereocenters. The number of para-hydroxylation sites is 5. The maximum Gasteiger partial charge on any atom is 0.312 e. The van der Waals surface area contributed by atoms with Gasteiger partial charge in [0.15, 0.2) is 17.3 Å². The molecule has 13 nitrogen and oxygen atoms in total. The Morgan fingerprint density at radius 3 is 1.62 bits per heavy atom. The number of anilines is 1. The fraction of sp³-hybridized carbons (Fsp3) is 0.284. The van der Waals surface area contributed by atoms with Gasteiger partial charge in [0.05, 0.1) is 53.7 Å². The first-order chi connectivity index (χ1) is 42.7. The topological polar surface area (TPSA) is 200 Å². The third kappa shape index (κ3) is 21.1. The number of carbonyl (C=O) groups excluding carboxylic acids is 3. The maximum absolute atomic E-state index is 14.8. The summed E-state index contributed by atoms with van der Waals surface area (Å²) in [6.45, 7) is 12.3. The number of rotatable bonds is 16. The summed E-state index contributed by atoms with van der Waals surface area (Å²) in [4.78, 5) is 52.4. The summed E-state index contributed by atoms with van der Waals surface area (Å²) in [5.41, 5.74) is 18.8. The fourth-order valence-electron chi connectivity index (χ4n) is 9.79. The molecule has 90 heavy (non-hydrogen) atoms. The number of hydrogen-bond donors (Lipinski definition) is 4. The van der Waals surface area contributed by atoms with Crippen LogP contribution in [0.1, 0.15) is 108 Å². The van der Waals surface area contributed by atoms with Crippen molar-refractivity contribution in [3.8, 4) is 5.75 Å². The van der Waals surface area contributed by atoms with Crippen LogP contribution >= 0.6 is 11.6 Å². The monoisotopic (exact) mass is 1240 g/mol. The minimum absolute atomic E-state index is 0. The number of esters is 1. The molecule has 6 aromatic carbocycles. The normalized spacial score (nSPS) is 13.3. The lowest BCUT2D eigenvalue weighted by atomic mass is 9.93. The van der Waals surface area contributed by atoms with Crippen molar-refractivity contribution in [2.24, 2.45) is 11.3 Å². The first-order valence-electron chi connectivity index (χ1n) is 29.7.